The molecule has 0 aliphatic rings. The number of nitro groups is 2. The number of benzene rings is 1. The van der Waals surface area contributed by atoms with E-state index < -0.39 is 56.6 Å². The van der Waals surface area contributed by atoms with Crippen LogP contribution < -0.4 is 5.32 Å². The Bertz CT molecular complexity index is 670. The smallest absolute Gasteiger partial charge is 0.416 e. The van der Waals surface area contributed by atoms with Crippen LogP contribution in [-0.4, -0.2) is 29.0 Å². The van der Waals surface area contributed by atoms with Crippen molar-refractivity contribution in [1.82, 2.24) is 0 Å². The number of alkyl halides is 3. The summed E-state index contributed by atoms with van der Waals surface area (Å²) in [5, 5.41) is 24.5. The predicted octanol–water partition coefficient (Wildman–Crippen LogP) is 3.13. The van der Waals surface area contributed by atoms with E-state index >= 15 is 0 Å². The summed E-state index contributed by atoms with van der Waals surface area (Å²) in [6, 6.07) is -0.896. The Balaban J connectivity index is 3.64. The lowest BCUT2D eigenvalue weighted by Gasteiger charge is -2.21. The maximum Gasteiger partial charge on any atom is 0.416 e. The highest BCUT2D eigenvalue weighted by molar-refractivity contribution is 5.84. The molecule has 1 atom stereocenters. The van der Waals surface area contributed by atoms with E-state index in [1.54, 1.807) is 0 Å². The molecule has 0 aromatic heterocycles. The molecule has 9 nitrogen and oxygen atoms in total. The van der Waals surface area contributed by atoms with Crippen LogP contribution in [0.3, 0.4) is 0 Å². The van der Waals surface area contributed by atoms with E-state index in [0.717, 1.165) is 7.11 Å². The molecule has 0 amide bonds. The summed E-state index contributed by atoms with van der Waals surface area (Å²) < 4.78 is 43.0. The average molecular weight is 365 g/mol. The van der Waals surface area contributed by atoms with Gasteiger partial charge in [0.05, 0.1) is 22.5 Å². The normalized spacial score (nSPS) is 12.6. The van der Waals surface area contributed by atoms with Crippen molar-refractivity contribution in [1.29, 1.82) is 0 Å². The number of hydrogen-bond acceptors (Lipinski definition) is 7. The van der Waals surface area contributed by atoms with Gasteiger partial charge in [-0.1, -0.05) is 13.8 Å². The number of nitro benzene ring substituents is 2. The molecule has 0 saturated carbocycles. The molecule has 0 saturated heterocycles. The molecule has 0 aliphatic heterocycles. The number of hydrogen-bond donors (Lipinski definition) is 1. The Labute approximate surface area is 139 Å². The number of esters is 1. The third kappa shape index (κ3) is 4.55. The topological polar surface area (TPSA) is 125 Å². The van der Waals surface area contributed by atoms with Crippen LogP contribution in [0.15, 0.2) is 12.1 Å². The van der Waals surface area contributed by atoms with E-state index in [1.165, 1.54) is 13.8 Å². The van der Waals surface area contributed by atoms with Gasteiger partial charge in [0, 0.05) is 12.1 Å². The van der Waals surface area contributed by atoms with Crippen molar-refractivity contribution in [2.24, 2.45) is 5.92 Å². The van der Waals surface area contributed by atoms with Crippen LogP contribution in [0.4, 0.5) is 30.2 Å². The lowest BCUT2D eigenvalue weighted by molar-refractivity contribution is -0.392. The summed E-state index contributed by atoms with van der Waals surface area (Å²) in [6.45, 7) is 3.05. The number of halogens is 3. The van der Waals surface area contributed by atoms with Gasteiger partial charge >= 0.3 is 12.1 Å². The van der Waals surface area contributed by atoms with Gasteiger partial charge in [0.15, 0.2) is 5.69 Å². The maximum absolute atomic E-state index is 12.8. The van der Waals surface area contributed by atoms with E-state index in [1.807, 2.05) is 0 Å². The van der Waals surface area contributed by atoms with Crippen molar-refractivity contribution in [3.8, 4) is 0 Å². The fraction of sp³-hybridized carbons (Fsp3) is 0.462. The number of nitrogens with one attached hydrogen (secondary N) is 1. The molecule has 1 rings (SSSR count). The van der Waals surface area contributed by atoms with Gasteiger partial charge in [-0.3, -0.25) is 20.2 Å². The minimum atomic E-state index is -5.02. The molecule has 12 heteroatoms. The van der Waals surface area contributed by atoms with Crippen LogP contribution in [0.1, 0.15) is 19.4 Å². The highest BCUT2D eigenvalue weighted by Crippen LogP contribution is 2.41. The molecule has 138 valence electrons. The number of anilines is 1. The van der Waals surface area contributed by atoms with E-state index in [-0.39, 0.29) is 12.1 Å². The van der Waals surface area contributed by atoms with E-state index in [0.29, 0.717) is 0 Å². The number of nitrogens with zero attached hydrogens (tertiary/aromatic N) is 2. The van der Waals surface area contributed by atoms with E-state index in [9.17, 15) is 38.2 Å². The molecule has 1 aromatic rings. The lowest BCUT2D eigenvalue weighted by atomic mass is 10.0. The van der Waals surface area contributed by atoms with E-state index in [2.05, 4.69) is 10.1 Å². The summed E-state index contributed by atoms with van der Waals surface area (Å²) in [7, 11) is 1.04. The highest BCUT2D eigenvalue weighted by Gasteiger charge is 2.39. The molecule has 1 N–H and O–H groups in total. The maximum atomic E-state index is 12.8. The first-order chi connectivity index (χ1) is 11.4. The summed E-state index contributed by atoms with van der Waals surface area (Å²) >= 11 is 0. The Kier molecular flexibility index (Phi) is 5.89. The minimum Gasteiger partial charge on any atom is -0.467 e. The molecule has 0 fully saturated rings. The average Bonchev–Trinajstić information content (AvgIpc) is 2.49. The van der Waals surface area contributed by atoms with Crippen LogP contribution >= 0.6 is 0 Å². The molecule has 0 radical (unpaired) electrons. The third-order valence-electron chi connectivity index (χ3n) is 3.24. The quantitative estimate of drug-likeness (QED) is 0.466. The fourth-order valence-electron chi connectivity index (χ4n) is 1.99. The Hall–Kier alpha value is -2.92. The molecular formula is C13H14F3N3O6. The Morgan fingerprint density at radius 3 is 1.88 bits per heavy atom. The summed E-state index contributed by atoms with van der Waals surface area (Å²) in [5.41, 5.74) is -4.69. The van der Waals surface area contributed by atoms with Gasteiger partial charge in [-0.05, 0) is 5.92 Å². The van der Waals surface area contributed by atoms with Gasteiger partial charge in [-0.15, -0.1) is 0 Å². The van der Waals surface area contributed by atoms with Gasteiger partial charge in [0.2, 0.25) is 0 Å². The second kappa shape index (κ2) is 7.32. The summed E-state index contributed by atoms with van der Waals surface area (Å²) in [5.74, 6) is -1.40. The zero-order chi connectivity index (χ0) is 19.5. The molecule has 0 bridgehead atoms. The number of ether oxygens (including phenoxy) is 1. The van der Waals surface area contributed by atoms with Crippen molar-refractivity contribution in [3.63, 3.8) is 0 Å². The number of methoxy groups -OCH3 is 1. The van der Waals surface area contributed by atoms with Crippen molar-refractivity contribution in [3.05, 3.63) is 37.9 Å². The second-order valence-corrected chi connectivity index (χ2v) is 5.29. The first-order valence-corrected chi connectivity index (χ1v) is 6.78. The predicted molar refractivity (Wildman–Crippen MR) is 79.0 cm³/mol. The standard InChI is InChI=1S/C13H14F3N3O6/c1-6(2)10(12(20)25-3)17-11-8(18(21)22)4-7(13(14,15)16)5-9(11)19(23)24/h4-6,10,17H,1-3H3/t10-/m1/s1. The Morgan fingerprint density at radius 2 is 1.60 bits per heavy atom. The third-order valence-corrected chi connectivity index (χ3v) is 3.24. The highest BCUT2D eigenvalue weighted by atomic mass is 19.4. The van der Waals surface area contributed by atoms with Crippen LogP contribution in [0, 0.1) is 26.1 Å². The SMILES string of the molecule is COC(=O)[C@H](Nc1c([N+](=O)[O-])cc(C(F)(F)F)cc1[N+](=O)[O-])C(C)C. The van der Waals surface area contributed by atoms with Crippen molar-refractivity contribution < 1.29 is 32.5 Å². The van der Waals surface area contributed by atoms with Crippen molar-refractivity contribution in [2.45, 2.75) is 26.1 Å². The monoisotopic (exact) mass is 365 g/mol. The zero-order valence-corrected chi connectivity index (χ0v) is 13.3. The van der Waals surface area contributed by atoms with Gasteiger partial charge in [-0.25, -0.2) is 4.79 Å². The lowest BCUT2D eigenvalue weighted by Crippen LogP contribution is -2.36. The minimum absolute atomic E-state index is 0.171. The second-order valence-electron chi connectivity index (χ2n) is 5.29. The molecular weight excluding hydrogens is 351 g/mol. The zero-order valence-electron chi connectivity index (χ0n) is 13.3. The molecule has 0 aliphatic carbocycles. The van der Waals surface area contributed by atoms with Gasteiger partial charge in [0.1, 0.15) is 6.04 Å². The van der Waals surface area contributed by atoms with Crippen molar-refractivity contribution in [2.75, 3.05) is 12.4 Å². The van der Waals surface area contributed by atoms with Gasteiger partial charge < -0.3 is 10.1 Å². The first kappa shape index (κ1) is 20.1. The molecule has 0 heterocycles. The van der Waals surface area contributed by atoms with Crippen LogP contribution in [-0.2, 0) is 15.7 Å². The number of carbonyl (C=O) groups is 1. The van der Waals surface area contributed by atoms with Crippen molar-refractivity contribution >= 4 is 23.0 Å². The first-order valence-electron chi connectivity index (χ1n) is 6.78. The molecule has 0 spiro atoms. The largest absolute Gasteiger partial charge is 0.467 e. The Morgan fingerprint density at radius 1 is 1.16 bits per heavy atom. The number of carbonyl (C=O) groups excluding carboxylic acids is 1. The molecule has 1 aromatic carbocycles. The van der Waals surface area contributed by atoms with Crippen LogP contribution in [0.2, 0.25) is 0 Å². The fourth-order valence-corrected chi connectivity index (χ4v) is 1.99. The molecule has 25 heavy (non-hydrogen) atoms. The van der Waals surface area contributed by atoms with E-state index in [4.69, 9.17) is 0 Å². The van der Waals surface area contributed by atoms with Gasteiger partial charge in [-0.2, -0.15) is 13.2 Å². The molecule has 0 unspecified atom stereocenters. The van der Waals surface area contributed by atoms with Gasteiger partial charge in [0.25, 0.3) is 11.4 Å². The number of rotatable bonds is 6. The van der Waals surface area contributed by atoms with Crippen LogP contribution in [0.25, 0.3) is 0 Å². The summed E-state index contributed by atoms with van der Waals surface area (Å²) in [6.07, 6.45) is -5.02. The van der Waals surface area contributed by atoms with Crippen LogP contribution in [0.5, 0.6) is 0 Å². The summed E-state index contributed by atoms with van der Waals surface area (Å²) in [4.78, 5) is 31.6.